The number of carbonyl (C=O) groups excluding carboxylic acids is 1. The lowest BCUT2D eigenvalue weighted by atomic mass is 9.83. The largest absolute Gasteiger partial charge is 0.480 e. The van der Waals surface area contributed by atoms with E-state index in [1.54, 1.807) is 36.2 Å². The number of aliphatic carboxylic acids is 1. The van der Waals surface area contributed by atoms with Gasteiger partial charge in [-0.05, 0) is 69.6 Å². The van der Waals surface area contributed by atoms with E-state index >= 15 is 0 Å². The van der Waals surface area contributed by atoms with Crippen LogP contribution in [0, 0.1) is 18.3 Å². The van der Waals surface area contributed by atoms with Gasteiger partial charge in [0.05, 0.1) is 22.6 Å². The van der Waals surface area contributed by atoms with Gasteiger partial charge in [0.2, 0.25) is 5.95 Å². The Hall–Kier alpha value is -4.28. The normalized spacial score (nSPS) is 16.7. The van der Waals surface area contributed by atoms with Gasteiger partial charge in [-0.1, -0.05) is 27.7 Å². The number of fused-ring (bicyclic) bond motifs is 1. The van der Waals surface area contributed by atoms with Gasteiger partial charge in [0, 0.05) is 36.4 Å². The Morgan fingerprint density at radius 3 is 2.47 bits per heavy atom. The Balaban J connectivity index is 1.79. The summed E-state index contributed by atoms with van der Waals surface area (Å²) in [5, 5.41) is 26.9. The van der Waals surface area contributed by atoms with Crippen molar-refractivity contribution in [3.63, 3.8) is 0 Å². The van der Waals surface area contributed by atoms with Crippen LogP contribution in [0.4, 0.5) is 22.2 Å². The van der Waals surface area contributed by atoms with Gasteiger partial charge in [0.25, 0.3) is 0 Å². The molecule has 0 spiro atoms. The highest BCUT2D eigenvalue weighted by Crippen LogP contribution is 2.47. The first-order chi connectivity index (χ1) is 20.7. The van der Waals surface area contributed by atoms with E-state index in [-0.39, 0.29) is 24.1 Å². The highest BCUT2D eigenvalue weighted by atomic mass is 28.4. The van der Waals surface area contributed by atoms with Crippen LogP contribution in [0.25, 0.3) is 11.3 Å². The van der Waals surface area contributed by atoms with Crippen molar-refractivity contribution in [2.45, 2.75) is 91.1 Å². The minimum absolute atomic E-state index is 0.0158. The Bertz CT molecular complexity index is 1670. The molecule has 240 valence electrons. The summed E-state index contributed by atoms with van der Waals surface area (Å²) < 4.78 is 13.8. The van der Waals surface area contributed by atoms with Crippen molar-refractivity contribution >= 4 is 37.8 Å². The lowest BCUT2D eigenvalue weighted by Crippen LogP contribution is -2.46. The fraction of sp³-hybridized carbons (Fsp3) is 0.500. The number of hydrogen-bond donors (Lipinski definition) is 2. The molecule has 0 saturated heterocycles. The number of carbonyl (C=O) groups is 2. The van der Waals surface area contributed by atoms with Crippen LogP contribution >= 0.6 is 0 Å². The van der Waals surface area contributed by atoms with Gasteiger partial charge in [0.1, 0.15) is 24.0 Å². The standard InChI is InChI=1S/C32H43N7O5Si/c1-20-13-25(39(37-20)17-26(40)41)36-28-34-12-11-24(35-28)21-14-22(16-33)27-23(15-21)32(8,19-43-45(9,10)31(5,6)7)18-38(27)29(42)44-30(2,3)4/h11-15H,17-19H2,1-10H3,(H,40,41)(H,34,35,36)/t32-/m1/s1. The van der Waals surface area contributed by atoms with Gasteiger partial charge in [-0.25, -0.2) is 19.4 Å². The molecule has 0 fully saturated rings. The molecular formula is C32H43N7O5Si. The summed E-state index contributed by atoms with van der Waals surface area (Å²) in [4.78, 5) is 35.4. The molecule has 1 aliphatic rings. The molecule has 1 amide bonds. The number of nitrogens with one attached hydrogen (secondary N) is 1. The second kappa shape index (κ2) is 11.9. The van der Waals surface area contributed by atoms with E-state index in [0.717, 1.165) is 5.56 Å². The number of benzene rings is 1. The number of amides is 1. The fourth-order valence-corrected chi connectivity index (χ4v) is 5.99. The number of aryl methyl sites for hydroxylation is 1. The van der Waals surface area contributed by atoms with Crippen molar-refractivity contribution in [1.29, 1.82) is 5.26 Å². The first kappa shape index (κ1) is 33.6. The second-order valence-corrected chi connectivity index (χ2v) is 19.1. The minimum atomic E-state index is -2.16. The van der Waals surface area contributed by atoms with E-state index in [2.05, 4.69) is 60.3 Å². The molecule has 3 heterocycles. The van der Waals surface area contributed by atoms with Crippen LogP contribution in [-0.2, 0) is 25.9 Å². The van der Waals surface area contributed by atoms with E-state index in [4.69, 9.17) is 9.16 Å². The monoisotopic (exact) mass is 633 g/mol. The third kappa shape index (κ3) is 7.34. The van der Waals surface area contributed by atoms with Gasteiger partial charge < -0.3 is 19.6 Å². The molecule has 3 aromatic rings. The van der Waals surface area contributed by atoms with Crippen LogP contribution < -0.4 is 10.2 Å². The topological polar surface area (TPSA) is 155 Å². The van der Waals surface area contributed by atoms with Crippen LogP contribution in [0.3, 0.4) is 0 Å². The maximum atomic E-state index is 13.5. The van der Waals surface area contributed by atoms with Crippen molar-refractivity contribution in [1.82, 2.24) is 19.7 Å². The van der Waals surface area contributed by atoms with E-state index in [9.17, 15) is 20.0 Å². The van der Waals surface area contributed by atoms with Crippen molar-refractivity contribution in [3.8, 4) is 17.3 Å². The van der Waals surface area contributed by atoms with Gasteiger partial charge in [-0.15, -0.1) is 0 Å². The number of rotatable bonds is 8. The summed E-state index contributed by atoms with van der Waals surface area (Å²) in [6.07, 6.45) is 1.06. The molecule has 1 atom stereocenters. The molecule has 0 saturated carbocycles. The zero-order valence-electron chi connectivity index (χ0n) is 27.8. The fourth-order valence-electron chi connectivity index (χ4n) is 4.87. The van der Waals surface area contributed by atoms with Crippen molar-refractivity contribution < 1.29 is 23.9 Å². The number of nitriles is 1. The van der Waals surface area contributed by atoms with E-state index in [1.165, 1.54) is 4.68 Å². The zero-order valence-corrected chi connectivity index (χ0v) is 28.8. The molecule has 1 aromatic carbocycles. The Morgan fingerprint density at radius 2 is 1.87 bits per heavy atom. The number of aromatic nitrogens is 4. The van der Waals surface area contributed by atoms with Crippen LogP contribution in [0.2, 0.25) is 18.1 Å². The maximum Gasteiger partial charge on any atom is 0.414 e. The van der Waals surface area contributed by atoms with Crippen molar-refractivity contribution in [3.05, 3.63) is 47.3 Å². The molecule has 0 radical (unpaired) electrons. The molecule has 13 heteroatoms. The number of nitrogens with zero attached hydrogens (tertiary/aromatic N) is 6. The van der Waals surface area contributed by atoms with Crippen LogP contribution in [0.5, 0.6) is 0 Å². The Morgan fingerprint density at radius 1 is 1.18 bits per heavy atom. The smallest absolute Gasteiger partial charge is 0.414 e. The summed E-state index contributed by atoms with van der Waals surface area (Å²) in [6, 6.07) is 9.41. The highest BCUT2D eigenvalue weighted by molar-refractivity contribution is 6.74. The molecule has 12 nitrogen and oxygen atoms in total. The Labute approximate surface area is 265 Å². The molecule has 2 N–H and O–H groups in total. The maximum absolute atomic E-state index is 13.5. The predicted molar refractivity (Wildman–Crippen MR) is 174 cm³/mol. The van der Waals surface area contributed by atoms with Crippen LogP contribution in [0.15, 0.2) is 30.5 Å². The van der Waals surface area contributed by atoms with Gasteiger partial charge in [0.15, 0.2) is 8.32 Å². The molecule has 0 aliphatic carbocycles. The number of hydrogen-bond acceptors (Lipinski definition) is 9. The summed E-state index contributed by atoms with van der Waals surface area (Å²) >= 11 is 0. The number of carboxylic acid groups (broad SMARTS) is 1. The third-order valence-corrected chi connectivity index (χ3v) is 12.7. The molecule has 4 rings (SSSR count). The van der Waals surface area contributed by atoms with Gasteiger partial charge in [-0.3, -0.25) is 9.69 Å². The summed E-state index contributed by atoms with van der Waals surface area (Å²) in [5.41, 5.74) is 2.10. The molecule has 2 aromatic heterocycles. The van der Waals surface area contributed by atoms with Gasteiger partial charge in [-0.2, -0.15) is 10.4 Å². The highest BCUT2D eigenvalue weighted by Gasteiger charge is 2.47. The number of carboxylic acids is 1. The van der Waals surface area contributed by atoms with Crippen LogP contribution in [0.1, 0.15) is 65.3 Å². The Kier molecular flexibility index (Phi) is 8.89. The van der Waals surface area contributed by atoms with Crippen LogP contribution in [-0.4, -0.2) is 64.0 Å². The lowest BCUT2D eigenvalue weighted by molar-refractivity contribution is -0.137. The molecule has 1 aliphatic heterocycles. The summed E-state index contributed by atoms with van der Waals surface area (Å²) in [7, 11) is -2.16. The summed E-state index contributed by atoms with van der Waals surface area (Å²) in [5.74, 6) is -0.362. The van der Waals surface area contributed by atoms with E-state index in [1.807, 2.05) is 33.8 Å². The third-order valence-electron chi connectivity index (χ3n) is 8.21. The second-order valence-electron chi connectivity index (χ2n) is 14.3. The molecule has 0 bridgehead atoms. The van der Waals surface area contributed by atoms with Gasteiger partial charge >= 0.3 is 12.1 Å². The van der Waals surface area contributed by atoms with E-state index < -0.39 is 31.4 Å². The zero-order chi connectivity index (χ0) is 33.5. The summed E-state index contributed by atoms with van der Waals surface area (Å²) in [6.45, 7) is 20.5. The quantitative estimate of drug-likeness (QED) is 0.267. The SMILES string of the molecule is Cc1cc(Nc2nccc(-c3cc(C#N)c4c(c3)[C@@](C)(CO[Si](C)(C)C(C)(C)C)CN4C(=O)OC(C)(C)C)n2)n(CC(=O)O)n1. The van der Waals surface area contributed by atoms with Crippen molar-refractivity contribution in [2.75, 3.05) is 23.4 Å². The molecule has 0 unspecified atom stereocenters. The minimum Gasteiger partial charge on any atom is -0.480 e. The number of anilines is 3. The lowest BCUT2D eigenvalue weighted by Gasteiger charge is -2.39. The first-order valence-corrected chi connectivity index (χ1v) is 17.7. The average Bonchev–Trinajstić information content (AvgIpc) is 3.41. The predicted octanol–water partition coefficient (Wildman–Crippen LogP) is 6.38. The van der Waals surface area contributed by atoms with Crippen molar-refractivity contribution in [2.24, 2.45) is 0 Å². The molecular weight excluding hydrogens is 590 g/mol. The molecule has 45 heavy (non-hydrogen) atoms. The number of ether oxygens (including phenoxy) is 1. The van der Waals surface area contributed by atoms with E-state index in [0.29, 0.717) is 40.6 Å². The first-order valence-electron chi connectivity index (χ1n) is 14.8. The average molecular weight is 634 g/mol.